The molecule has 0 unspecified atom stereocenters. The Hall–Kier alpha value is -2.93. The van der Waals surface area contributed by atoms with Crippen LogP contribution in [-0.2, 0) is 9.59 Å². The van der Waals surface area contributed by atoms with Crippen LogP contribution < -0.4 is 10.2 Å². The number of hydrogen-bond acceptors (Lipinski definition) is 5. The van der Waals surface area contributed by atoms with Gasteiger partial charge < -0.3 is 10.2 Å². The fraction of sp³-hybridized carbons (Fsp3) is 0.238. The van der Waals surface area contributed by atoms with Gasteiger partial charge in [-0.3, -0.25) is 9.59 Å². The molecular formula is C21H20N4O2S. The van der Waals surface area contributed by atoms with E-state index in [1.807, 2.05) is 55.5 Å². The van der Waals surface area contributed by atoms with Crippen LogP contribution in [0.1, 0.15) is 18.5 Å². The van der Waals surface area contributed by atoms with Crippen molar-refractivity contribution in [1.29, 1.82) is 0 Å². The summed E-state index contributed by atoms with van der Waals surface area (Å²) < 4.78 is 0. The van der Waals surface area contributed by atoms with Crippen molar-refractivity contribution in [2.75, 3.05) is 22.5 Å². The average Bonchev–Trinajstić information content (AvgIpc) is 3.12. The number of fused-ring (bicyclic) bond motifs is 1. The van der Waals surface area contributed by atoms with Gasteiger partial charge in [0.1, 0.15) is 5.03 Å². The van der Waals surface area contributed by atoms with E-state index in [1.54, 1.807) is 4.90 Å². The van der Waals surface area contributed by atoms with Crippen LogP contribution in [0.15, 0.2) is 53.6 Å². The van der Waals surface area contributed by atoms with Gasteiger partial charge in [-0.15, -0.1) is 0 Å². The predicted octanol–water partition coefficient (Wildman–Crippen LogP) is 3.80. The number of rotatable bonds is 5. The van der Waals surface area contributed by atoms with Crippen LogP contribution in [0.5, 0.6) is 0 Å². The van der Waals surface area contributed by atoms with Gasteiger partial charge in [0, 0.05) is 13.0 Å². The number of anilines is 2. The third-order valence-corrected chi connectivity index (χ3v) is 5.65. The maximum absolute atomic E-state index is 12.5. The van der Waals surface area contributed by atoms with Crippen molar-refractivity contribution in [3.63, 3.8) is 0 Å². The Bertz CT molecular complexity index is 1050. The quantitative estimate of drug-likeness (QED) is 0.669. The first-order valence-electron chi connectivity index (χ1n) is 9.17. The summed E-state index contributed by atoms with van der Waals surface area (Å²) in [6, 6.07) is 15.1. The SMILES string of the molecule is Cc1nc2ccccc2nc1SCC(=O)Nc1ccccc1N1CCCC1=O. The number of hydrogen-bond donors (Lipinski definition) is 1. The Morgan fingerprint density at radius 2 is 1.82 bits per heavy atom. The van der Waals surface area contributed by atoms with E-state index in [4.69, 9.17) is 0 Å². The number of nitrogens with zero attached hydrogens (tertiary/aromatic N) is 3. The summed E-state index contributed by atoms with van der Waals surface area (Å²) in [5.41, 5.74) is 3.88. The highest BCUT2D eigenvalue weighted by Gasteiger charge is 2.24. The molecule has 0 bridgehead atoms. The normalized spacial score (nSPS) is 13.9. The van der Waals surface area contributed by atoms with Gasteiger partial charge in [0.05, 0.1) is 33.9 Å². The summed E-state index contributed by atoms with van der Waals surface area (Å²) in [4.78, 5) is 35.5. The van der Waals surface area contributed by atoms with E-state index < -0.39 is 0 Å². The maximum atomic E-state index is 12.5. The van der Waals surface area contributed by atoms with Gasteiger partial charge in [0.15, 0.2) is 0 Å². The summed E-state index contributed by atoms with van der Waals surface area (Å²) in [6.45, 7) is 2.58. The van der Waals surface area contributed by atoms with Gasteiger partial charge in [0.2, 0.25) is 11.8 Å². The molecule has 1 aliphatic heterocycles. The lowest BCUT2D eigenvalue weighted by molar-refractivity contribution is -0.117. The second-order valence-corrected chi connectivity index (χ2v) is 7.57. The lowest BCUT2D eigenvalue weighted by atomic mass is 10.2. The molecule has 142 valence electrons. The first kappa shape index (κ1) is 18.4. The number of carbonyl (C=O) groups excluding carboxylic acids is 2. The molecule has 1 aromatic heterocycles. The summed E-state index contributed by atoms with van der Waals surface area (Å²) in [5, 5.41) is 3.68. The Morgan fingerprint density at radius 1 is 1.11 bits per heavy atom. The average molecular weight is 392 g/mol. The van der Waals surface area contributed by atoms with Crippen molar-refractivity contribution in [3.05, 3.63) is 54.2 Å². The molecule has 4 rings (SSSR count). The van der Waals surface area contributed by atoms with Crippen LogP contribution in [0.2, 0.25) is 0 Å². The lowest BCUT2D eigenvalue weighted by Crippen LogP contribution is -2.26. The minimum absolute atomic E-state index is 0.0955. The van der Waals surface area contributed by atoms with E-state index in [0.29, 0.717) is 18.7 Å². The largest absolute Gasteiger partial charge is 0.324 e. The molecule has 1 aliphatic rings. The molecule has 2 heterocycles. The molecule has 6 nitrogen and oxygen atoms in total. The van der Waals surface area contributed by atoms with E-state index in [9.17, 15) is 9.59 Å². The zero-order valence-corrected chi connectivity index (χ0v) is 16.3. The van der Waals surface area contributed by atoms with E-state index in [1.165, 1.54) is 11.8 Å². The molecule has 1 saturated heterocycles. The van der Waals surface area contributed by atoms with E-state index in [2.05, 4.69) is 15.3 Å². The van der Waals surface area contributed by atoms with Crippen LogP contribution in [0.25, 0.3) is 11.0 Å². The zero-order valence-electron chi connectivity index (χ0n) is 15.5. The number of amides is 2. The number of benzene rings is 2. The van der Waals surface area contributed by atoms with Gasteiger partial charge >= 0.3 is 0 Å². The van der Waals surface area contributed by atoms with Crippen molar-refractivity contribution in [1.82, 2.24) is 9.97 Å². The molecule has 2 amide bonds. The first-order valence-corrected chi connectivity index (χ1v) is 10.2. The van der Waals surface area contributed by atoms with Crippen molar-refractivity contribution < 1.29 is 9.59 Å². The Kier molecular flexibility index (Phi) is 5.25. The lowest BCUT2D eigenvalue weighted by Gasteiger charge is -2.19. The second kappa shape index (κ2) is 7.98. The molecule has 28 heavy (non-hydrogen) atoms. The number of carbonyl (C=O) groups is 2. The topological polar surface area (TPSA) is 75.2 Å². The molecule has 1 fully saturated rings. The van der Waals surface area contributed by atoms with Crippen molar-refractivity contribution in [2.24, 2.45) is 0 Å². The highest BCUT2D eigenvalue weighted by atomic mass is 32.2. The van der Waals surface area contributed by atoms with Gasteiger partial charge in [-0.25, -0.2) is 9.97 Å². The van der Waals surface area contributed by atoms with Crippen LogP contribution in [0, 0.1) is 6.92 Å². The van der Waals surface area contributed by atoms with Gasteiger partial charge in [-0.05, 0) is 37.6 Å². The van der Waals surface area contributed by atoms with Crippen molar-refractivity contribution in [3.8, 4) is 0 Å². The highest BCUT2D eigenvalue weighted by Crippen LogP contribution is 2.30. The van der Waals surface area contributed by atoms with Crippen LogP contribution in [0.3, 0.4) is 0 Å². The van der Waals surface area contributed by atoms with Crippen molar-refractivity contribution >= 4 is 46.0 Å². The Balaban J connectivity index is 1.46. The molecule has 0 saturated carbocycles. The third kappa shape index (κ3) is 3.84. The molecule has 3 aromatic rings. The Labute approximate surface area is 167 Å². The second-order valence-electron chi connectivity index (χ2n) is 6.61. The molecule has 0 spiro atoms. The summed E-state index contributed by atoms with van der Waals surface area (Å²) >= 11 is 1.36. The van der Waals surface area contributed by atoms with Crippen LogP contribution >= 0.6 is 11.8 Å². The van der Waals surface area contributed by atoms with E-state index >= 15 is 0 Å². The number of nitrogens with one attached hydrogen (secondary N) is 1. The summed E-state index contributed by atoms with van der Waals surface area (Å²) in [7, 11) is 0. The number of para-hydroxylation sites is 4. The molecular weight excluding hydrogens is 372 g/mol. The van der Waals surface area contributed by atoms with Gasteiger partial charge in [0.25, 0.3) is 0 Å². The minimum atomic E-state index is -0.140. The standard InChI is InChI=1S/C21H20N4O2S/c1-14-21(24-16-8-3-2-7-15(16)22-14)28-13-19(26)23-17-9-4-5-10-18(17)25-12-6-11-20(25)27/h2-5,7-10H,6,11-13H2,1H3,(H,23,26). The number of thioether (sulfide) groups is 1. The smallest absolute Gasteiger partial charge is 0.234 e. The monoisotopic (exact) mass is 392 g/mol. The Morgan fingerprint density at radius 3 is 2.57 bits per heavy atom. The van der Waals surface area contributed by atoms with Gasteiger partial charge in [-0.1, -0.05) is 36.0 Å². The highest BCUT2D eigenvalue weighted by molar-refractivity contribution is 8.00. The molecule has 0 atom stereocenters. The van der Waals surface area contributed by atoms with Gasteiger partial charge in [-0.2, -0.15) is 0 Å². The van der Waals surface area contributed by atoms with Crippen LogP contribution in [-0.4, -0.2) is 34.1 Å². The molecule has 1 N–H and O–H groups in total. The summed E-state index contributed by atoms with van der Waals surface area (Å²) in [5.74, 6) is 0.174. The maximum Gasteiger partial charge on any atom is 0.234 e. The first-order chi connectivity index (χ1) is 13.6. The summed E-state index contributed by atoms with van der Waals surface area (Å²) in [6.07, 6.45) is 1.40. The number of aryl methyl sites for hydroxylation is 1. The molecule has 7 heteroatoms. The fourth-order valence-corrected chi connectivity index (χ4v) is 4.00. The molecule has 2 aromatic carbocycles. The minimum Gasteiger partial charge on any atom is -0.324 e. The van der Waals surface area contributed by atoms with Crippen molar-refractivity contribution in [2.45, 2.75) is 24.8 Å². The fourth-order valence-electron chi connectivity index (χ4n) is 3.25. The predicted molar refractivity (Wildman–Crippen MR) is 112 cm³/mol. The molecule has 0 radical (unpaired) electrons. The van der Waals surface area contributed by atoms with Crippen LogP contribution in [0.4, 0.5) is 11.4 Å². The third-order valence-electron chi connectivity index (χ3n) is 4.58. The molecule has 0 aliphatic carbocycles. The van der Waals surface area contributed by atoms with E-state index in [0.717, 1.165) is 33.9 Å². The van der Waals surface area contributed by atoms with E-state index in [-0.39, 0.29) is 17.6 Å². The zero-order chi connectivity index (χ0) is 19.5. The number of aromatic nitrogens is 2.